The molecule has 0 bridgehead atoms. The van der Waals surface area contributed by atoms with Crippen molar-refractivity contribution in [1.29, 1.82) is 0 Å². The van der Waals surface area contributed by atoms with Crippen LogP contribution in [0, 0.1) is 5.82 Å². The first-order valence-electron chi connectivity index (χ1n) is 4.63. The minimum absolute atomic E-state index is 0.304. The molecule has 0 aliphatic carbocycles. The van der Waals surface area contributed by atoms with E-state index < -0.39 is 5.97 Å². The summed E-state index contributed by atoms with van der Waals surface area (Å²) in [5.74, 6) is -0.504. The van der Waals surface area contributed by atoms with Gasteiger partial charge in [-0.2, -0.15) is 0 Å². The Bertz CT molecular complexity index is 482. The zero-order valence-corrected chi connectivity index (χ0v) is 8.26. The number of halogens is 1. The van der Waals surface area contributed by atoms with Crippen LogP contribution in [0.1, 0.15) is 10.4 Å². The Hall–Kier alpha value is -2.23. The van der Waals surface area contributed by atoms with Gasteiger partial charge in [0.15, 0.2) is 0 Å². The number of rotatable bonds is 2. The Morgan fingerprint density at radius 2 is 1.69 bits per heavy atom. The Morgan fingerprint density at radius 3 is 2.31 bits per heavy atom. The van der Waals surface area contributed by atoms with E-state index in [1.165, 1.54) is 36.7 Å². The first-order valence-corrected chi connectivity index (χ1v) is 4.63. The maximum absolute atomic E-state index is 12.6. The van der Waals surface area contributed by atoms with E-state index in [0.717, 1.165) is 0 Å². The molecule has 0 atom stereocenters. The number of carbonyl (C=O) groups is 1. The smallest absolute Gasteiger partial charge is 0.343 e. The average Bonchev–Trinajstić information content (AvgIpc) is 2.31. The molecule has 1 heterocycles. The van der Waals surface area contributed by atoms with Gasteiger partial charge in [0, 0.05) is 12.4 Å². The van der Waals surface area contributed by atoms with Crippen molar-refractivity contribution >= 4 is 5.97 Å². The number of ether oxygens (including phenoxy) is 1. The zero-order valence-electron chi connectivity index (χ0n) is 8.26. The lowest BCUT2D eigenvalue weighted by Crippen LogP contribution is -2.08. The van der Waals surface area contributed by atoms with Crippen molar-refractivity contribution in [3.63, 3.8) is 0 Å². The number of hydrogen-bond donors (Lipinski definition) is 0. The summed E-state index contributed by atoms with van der Waals surface area (Å²) in [5, 5.41) is 0. The maximum atomic E-state index is 12.6. The number of carbonyl (C=O) groups excluding carboxylic acids is 1. The third-order valence-electron chi connectivity index (χ3n) is 1.94. The monoisotopic (exact) mass is 217 g/mol. The summed E-state index contributed by atoms with van der Waals surface area (Å²) in [4.78, 5) is 15.4. The van der Waals surface area contributed by atoms with Crippen LogP contribution in [-0.2, 0) is 0 Å². The molecule has 0 unspecified atom stereocenters. The Morgan fingerprint density at radius 1 is 1.06 bits per heavy atom. The highest BCUT2D eigenvalue weighted by molar-refractivity contribution is 5.90. The third-order valence-corrected chi connectivity index (χ3v) is 1.94. The highest BCUT2D eigenvalue weighted by atomic mass is 19.1. The predicted octanol–water partition coefficient (Wildman–Crippen LogP) is 2.44. The largest absolute Gasteiger partial charge is 0.423 e. The van der Waals surface area contributed by atoms with Crippen LogP contribution in [0.25, 0.3) is 0 Å². The molecule has 16 heavy (non-hydrogen) atoms. The fourth-order valence-corrected chi connectivity index (χ4v) is 1.16. The zero-order chi connectivity index (χ0) is 11.4. The number of hydrogen-bond acceptors (Lipinski definition) is 3. The van der Waals surface area contributed by atoms with Gasteiger partial charge in [-0.3, -0.25) is 4.98 Å². The first-order chi connectivity index (χ1) is 7.75. The van der Waals surface area contributed by atoms with Crippen LogP contribution in [0.15, 0.2) is 48.8 Å². The second kappa shape index (κ2) is 4.53. The van der Waals surface area contributed by atoms with Gasteiger partial charge in [-0.25, -0.2) is 9.18 Å². The number of pyridine rings is 1. The Kier molecular flexibility index (Phi) is 2.91. The van der Waals surface area contributed by atoms with E-state index in [4.69, 9.17) is 4.74 Å². The summed E-state index contributed by atoms with van der Waals surface area (Å²) in [5.41, 5.74) is 0.304. The standard InChI is InChI=1S/C12H8FNO2/c13-10-3-1-9(2-4-10)12(15)16-11-5-7-14-8-6-11/h1-8H. The second-order valence-electron chi connectivity index (χ2n) is 3.08. The van der Waals surface area contributed by atoms with Gasteiger partial charge in [-0.15, -0.1) is 0 Å². The van der Waals surface area contributed by atoms with E-state index in [1.54, 1.807) is 12.1 Å². The number of esters is 1. The van der Waals surface area contributed by atoms with Gasteiger partial charge in [0.2, 0.25) is 0 Å². The van der Waals surface area contributed by atoms with E-state index in [-0.39, 0.29) is 5.82 Å². The van der Waals surface area contributed by atoms with Crippen molar-refractivity contribution in [2.75, 3.05) is 0 Å². The molecular formula is C12H8FNO2. The molecule has 0 fully saturated rings. The molecular weight excluding hydrogens is 209 g/mol. The molecule has 0 aliphatic rings. The lowest BCUT2D eigenvalue weighted by atomic mass is 10.2. The fraction of sp³-hybridized carbons (Fsp3) is 0. The van der Waals surface area contributed by atoms with Gasteiger partial charge in [0.05, 0.1) is 5.56 Å². The summed E-state index contributed by atoms with van der Waals surface area (Å²) in [6.45, 7) is 0. The molecule has 80 valence electrons. The molecule has 2 aromatic rings. The van der Waals surface area contributed by atoms with Gasteiger partial charge in [0.1, 0.15) is 11.6 Å². The van der Waals surface area contributed by atoms with Crippen molar-refractivity contribution in [3.05, 3.63) is 60.2 Å². The lowest BCUT2D eigenvalue weighted by molar-refractivity contribution is 0.0734. The molecule has 4 heteroatoms. The first kappa shape index (κ1) is 10.3. The van der Waals surface area contributed by atoms with E-state index >= 15 is 0 Å². The van der Waals surface area contributed by atoms with Crippen molar-refractivity contribution in [2.45, 2.75) is 0 Å². The Balaban J connectivity index is 2.12. The summed E-state index contributed by atoms with van der Waals surface area (Å²) >= 11 is 0. The molecule has 0 spiro atoms. The van der Waals surface area contributed by atoms with Crippen LogP contribution in [0.4, 0.5) is 4.39 Å². The van der Waals surface area contributed by atoms with Gasteiger partial charge in [-0.05, 0) is 36.4 Å². The van der Waals surface area contributed by atoms with E-state index in [0.29, 0.717) is 11.3 Å². The topological polar surface area (TPSA) is 39.2 Å². The van der Waals surface area contributed by atoms with Gasteiger partial charge in [-0.1, -0.05) is 0 Å². The lowest BCUT2D eigenvalue weighted by Gasteiger charge is -2.03. The van der Waals surface area contributed by atoms with Crippen LogP contribution in [-0.4, -0.2) is 11.0 Å². The normalized spacial score (nSPS) is 9.81. The second-order valence-corrected chi connectivity index (χ2v) is 3.08. The molecule has 0 radical (unpaired) electrons. The minimum atomic E-state index is -0.522. The van der Waals surface area contributed by atoms with Crippen molar-refractivity contribution in [3.8, 4) is 5.75 Å². The van der Waals surface area contributed by atoms with Crippen molar-refractivity contribution < 1.29 is 13.9 Å². The summed E-state index contributed by atoms with van der Waals surface area (Å²) in [7, 11) is 0. The van der Waals surface area contributed by atoms with Gasteiger partial charge in [0.25, 0.3) is 0 Å². The fourth-order valence-electron chi connectivity index (χ4n) is 1.16. The van der Waals surface area contributed by atoms with Crippen LogP contribution in [0.5, 0.6) is 5.75 Å². The highest BCUT2D eigenvalue weighted by Gasteiger charge is 2.07. The number of aromatic nitrogens is 1. The summed E-state index contributed by atoms with van der Waals surface area (Å²) < 4.78 is 17.7. The molecule has 0 saturated carbocycles. The third kappa shape index (κ3) is 2.42. The molecule has 0 aliphatic heterocycles. The van der Waals surface area contributed by atoms with Crippen molar-refractivity contribution in [1.82, 2.24) is 4.98 Å². The molecule has 3 nitrogen and oxygen atoms in total. The molecule has 0 amide bonds. The Labute approximate surface area is 91.5 Å². The van der Waals surface area contributed by atoms with E-state index in [2.05, 4.69) is 4.98 Å². The number of benzene rings is 1. The van der Waals surface area contributed by atoms with Crippen molar-refractivity contribution in [2.24, 2.45) is 0 Å². The minimum Gasteiger partial charge on any atom is -0.423 e. The van der Waals surface area contributed by atoms with Gasteiger partial charge >= 0.3 is 5.97 Å². The van der Waals surface area contributed by atoms with Crippen LogP contribution in [0.3, 0.4) is 0 Å². The molecule has 0 N–H and O–H groups in total. The summed E-state index contributed by atoms with van der Waals surface area (Å²) in [6.07, 6.45) is 3.04. The quantitative estimate of drug-likeness (QED) is 0.725. The molecule has 1 aromatic heterocycles. The van der Waals surface area contributed by atoms with Gasteiger partial charge < -0.3 is 4.74 Å². The molecule has 2 rings (SSSR count). The van der Waals surface area contributed by atoms with Crippen LogP contribution in [0.2, 0.25) is 0 Å². The van der Waals surface area contributed by atoms with E-state index in [1.807, 2.05) is 0 Å². The van der Waals surface area contributed by atoms with Crippen LogP contribution < -0.4 is 4.74 Å². The van der Waals surface area contributed by atoms with E-state index in [9.17, 15) is 9.18 Å². The molecule has 1 aromatic carbocycles. The maximum Gasteiger partial charge on any atom is 0.343 e. The molecule has 0 saturated heterocycles. The average molecular weight is 217 g/mol. The highest BCUT2D eigenvalue weighted by Crippen LogP contribution is 2.11. The van der Waals surface area contributed by atoms with Crippen LogP contribution >= 0.6 is 0 Å². The summed E-state index contributed by atoms with van der Waals surface area (Å²) in [6, 6.07) is 8.31. The number of nitrogens with zero attached hydrogens (tertiary/aromatic N) is 1. The SMILES string of the molecule is O=C(Oc1ccncc1)c1ccc(F)cc1. The predicted molar refractivity (Wildman–Crippen MR) is 55.6 cm³/mol.